The highest BCUT2D eigenvalue weighted by molar-refractivity contribution is 8.00. The summed E-state index contributed by atoms with van der Waals surface area (Å²) in [6, 6.07) is 8.18. The molecular weight excluding hydrogens is 292 g/mol. The Hall–Kier alpha value is -0.710. The molecule has 1 amide bonds. The van der Waals surface area contributed by atoms with Crippen LogP contribution in [-0.4, -0.2) is 31.3 Å². The first-order valence-electron chi connectivity index (χ1n) is 6.91. The summed E-state index contributed by atoms with van der Waals surface area (Å²) < 4.78 is 0. The number of thioether (sulfide) groups is 1. The third-order valence-corrected chi connectivity index (χ3v) is 4.61. The van der Waals surface area contributed by atoms with Crippen molar-refractivity contribution in [3.63, 3.8) is 0 Å². The van der Waals surface area contributed by atoms with Crippen molar-refractivity contribution in [2.24, 2.45) is 5.92 Å². The van der Waals surface area contributed by atoms with Gasteiger partial charge in [0, 0.05) is 11.4 Å². The number of benzene rings is 1. The Labute approximate surface area is 131 Å². The van der Waals surface area contributed by atoms with Gasteiger partial charge in [0.15, 0.2) is 0 Å². The summed E-state index contributed by atoms with van der Waals surface area (Å²) in [6.07, 6.45) is 2.44. The third-order valence-electron chi connectivity index (χ3n) is 3.44. The van der Waals surface area contributed by atoms with E-state index in [1.807, 2.05) is 12.1 Å². The number of hydrogen-bond acceptors (Lipinski definition) is 3. The molecule has 0 saturated carbocycles. The van der Waals surface area contributed by atoms with E-state index in [2.05, 4.69) is 29.7 Å². The van der Waals surface area contributed by atoms with Crippen molar-refractivity contribution < 1.29 is 4.79 Å². The van der Waals surface area contributed by atoms with E-state index in [1.165, 1.54) is 23.3 Å². The lowest BCUT2D eigenvalue weighted by Crippen LogP contribution is -2.38. The lowest BCUT2D eigenvalue weighted by atomic mass is 10.00. The molecular formula is C15H23ClN2OS. The largest absolute Gasteiger partial charge is 0.355 e. The highest BCUT2D eigenvalue weighted by Crippen LogP contribution is 2.21. The molecule has 0 spiro atoms. The van der Waals surface area contributed by atoms with Crippen LogP contribution in [0.15, 0.2) is 29.2 Å². The van der Waals surface area contributed by atoms with Gasteiger partial charge in [-0.1, -0.05) is 18.2 Å². The fourth-order valence-corrected chi connectivity index (χ4v) is 3.13. The number of carbonyl (C=O) groups excluding carboxylic acids is 1. The molecule has 2 N–H and O–H groups in total. The van der Waals surface area contributed by atoms with Gasteiger partial charge in [-0.25, -0.2) is 0 Å². The average Bonchev–Trinajstić information content (AvgIpc) is 2.45. The number of carbonyl (C=O) groups is 1. The molecule has 0 aliphatic carbocycles. The molecule has 1 heterocycles. The maximum Gasteiger partial charge on any atom is 0.230 e. The second-order valence-electron chi connectivity index (χ2n) is 5.07. The molecule has 1 aliphatic rings. The van der Waals surface area contributed by atoms with Crippen LogP contribution in [0.2, 0.25) is 0 Å². The van der Waals surface area contributed by atoms with E-state index in [-0.39, 0.29) is 18.3 Å². The van der Waals surface area contributed by atoms with E-state index in [0.29, 0.717) is 11.7 Å². The van der Waals surface area contributed by atoms with Crippen molar-refractivity contribution in [2.75, 3.05) is 25.4 Å². The van der Waals surface area contributed by atoms with E-state index in [0.717, 1.165) is 19.6 Å². The molecule has 20 heavy (non-hydrogen) atoms. The Morgan fingerprint density at radius 1 is 1.45 bits per heavy atom. The fourth-order valence-electron chi connectivity index (χ4n) is 2.27. The fraction of sp³-hybridized carbons (Fsp3) is 0.533. The van der Waals surface area contributed by atoms with Crippen LogP contribution >= 0.6 is 24.2 Å². The molecule has 3 nitrogen and oxygen atoms in total. The number of piperidine rings is 1. The number of aryl methyl sites for hydroxylation is 1. The number of rotatable bonds is 5. The lowest BCUT2D eigenvalue weighted by Gasteiger charge is -2.22. The van der Waals surface area contributed by atoms with Gasteiger partial charge in [0.2, 0.25) is 5.91 Å². The molecule has 0 bridgehead atoms. The summed E-state index contributed by atoms with van der Waals surface area (Å²) in [5.74, 6) is 1.24. The minimum absolute atomic E-state index is 0. The van der Waals surface area contributed by atoms with Crippen LogP contribution in [0.3, 0.4) is 0 Å². The summed E-state index contributed by atoms with van der Waals surface area (Å²) in [5.41, 5.74) is 1.23. The van der Waals surface area contributed by atoms with Crippen LogP contribution in [0.4, 0.5) is 0 Å². The van der Waals surface area contributed by atoms with Gasteiger partial charge in [-0.15, -0.1) is 24.2 Å². The number of hydrogen-bond donors (Lipinski definition) is 2. The molecule has 5 heteroatoms. The van der Waals surface area contributed by atoms with Gasteiger partial charge in [0.05, 0.1) is 5.75 Å². The Kier molecular flexibility index (Phi) is 8.04. The van der Waals surface area contributed by atoms with Gasteiger partial charge in [-0.05, 0) is 50.4 Å². The maximum atomic E-state index is 11.8. The van der Waals surface area contributed by atoms with Gasteiger partial charge in [0.25, 0.3) is 0 Å². The molecule has 2 rings (SSSR count). The average molecular weight is 315 g/mol. The first-order chi connectivity index (χ1) is 9.25. The van der Waals surface area contributed by atoms with Crippen molar-refractivity contribution in [2.45, 2.75) is 24.7 Å². The molecule has 1 atom stereocenters. The number of nitrogens with one attached hydrogen (secondary N) is 2. The quantitative estimate of drug-likeness (QED) is 0.821. The molecule has 1 unspecified atom stereocenters. The highest BCUT2D eigenvalue weighted by Gasteiger charge is 2.13. The first-order valence-corrected chi connectivity index (χ1v) is 7.90. The van der Waals surface area contributed by atoms with Gasteiger partial charge in [-0.2, -0.15) is 0 Å². The van der Waals surface area contributed by atoms with Crippen molar-refractivity contribution in [3.05, 3.63) is 29.8 Å². The van der Waals surface area contributed by atoms with Gasteiger partial charge in [0.1, 0.15) is 0 Å². The topological polar surface area (TPSA) is 41.1 Å². The van der Waals surface area contributed by atoms with Crippen LogP contribution in [0.5, 0.6) is 0 Å². The minimum atomic E-state index is 0. The Balaban J connectivity index is 0.00000200. The molecule has 1 fully saturated rings. The summed E-state index contributed by atoms with van der Waals surface area (Å²) in [4.78, 5) is 13.0. The van der Waals surface area contributed by atoms with Crippen LogP contribution in [0.1, 0.15) is 18.4 Å². The van der Waals surface area contributed by atoms with E-state index >= 15 is 0 Å². The monoisotopic (exact) mass is 314 g/mol. The zero-order chi connectivity index (χ0) is 13.5. The van der Waals surface area contributed by atoms with Crippen LogP contribution in [0.25, 0.3) is 0 Å². The second kappa shape index (κ2) is 9.27. The summed E-state index contributed by atoms with van der Waals surface area (Å²) in [5, 5.41) is 6.41. The highest BCUT2D eigenvalue weighted by atomic mass is 35.5. The van der Waals surface area contributed by atoms with E-state index < -0.39 is 0 Å². The zero-order valence-electron chi connectivity index (χ0n) is 11.9. The molecule has 1 aromatic rings. The van der Waals surface area contributed by atoms with Crippen molar-refractivity contribution in [3.8, 4) is 0 Å². The second-order valence-corrected chi connectivity index (χ2v) is 6.09. The maximum absolute atomic E-state index is 11.8. The molecule has 0 aromatic heterocycles. The van der Waals surface area contributed by atoms with E-state index in [4.69, 9.17) is 0 Å². The van der Waals surface area contributed by atoms with Crippen molar-refractivity contribution in [1.29, 1.82) is 0 Å². The summed E-state index contributed by atoms with van der Waals surface area (Å²) in [7, 11) is 0. The van der Waals surface area contributed by atoms with Crippen LogP contribution in [0, 0.1) is 12.8 Å². The number of halogens is 1. The predicted octanol–water partition coefficient (Wildman–Crippen LogP) is 2.62. The Morgan fingerprint density at radius 2 is 2.25 bits per heavy atom. The first kappa shape index (κ1) is 17.3. The van der Waals surface area contributed by atoms with Crippen LogP contribution in [-0.2, 0) is 4.79 Å². The van der Waals surface area contributed by atoms with Crippen molar-refractivity contribution in [1.82, 2.24) is 10.6 Å². The molecule has 1 aromatic carbocycles. The van der Waals surface area contributed by atoms with E-state index in [9.17, 15) is 4.79 Å². The summed E-state index contributed by atoms with van der Waals surface area (Å²) in [6.45, 7) is 5.03. The zero-order valence-corrected chi connectivity index (χ0v) is 13.5. The van der Waals surface area contributed by atoms with Crippen LogP contribution < -0.4 is 10.6 Å². The predicted molar refractivity (Wildman–Crippen MR) is 87.8 cm³/mol. The van der Waals surface area contributed by atoms with Gasteiger partial charge >= 0.3 is 0 Å². The van der Waals surface area contributed by atoms with Gasteiger partial charge < -0.3 is 10.6 Å². The minimum Gasteiger partial charge on any atom is -0.355 e. The van der Waals surface area contributed by atoms with E-state index in [1.54, 1.807) is 11.8 Å². The molecule has 112 valence electrons. The summed E-state index contributed by atoms with van der Waals surface area (Å²) >= 11 is 1.61. The normalized spacial score (nSPS) is 18.1. The van der Waals surface area contributed by atoms with Crippen molar-refractivity contribution >= 4 is 30.1 Å². The lowest BCUT2D eigenvalue weighted by molar-refractivity contribution is -0.118. The van der Waals surface area contributed by atoms with Gasteiger partial charge in [-0.3, -0.25) is 4.79 Å². The third kappa shape index (κ3) is 5.73. The Morgan fingerprint density at radius 3 is 2.95 bits per heavy atom. The molecule has 1 saturated heterocycles. The smallest absolute Gasteiger partial charge is 0.230 e. The molecule has 0 radical (unpaired) electrons. The SMILES string of the molecule is Cc1ccccc1SCC(=O)NCC1CCCNC1.Cl. The standard InChI is InChI=1S/C15H22N2OS.ClH/c1-12-5-2-3-7-14(12)19-11-15(18)17-10-13-6-4-8-16-9-13;/h2-3,5,7,13,16H,4,6,8-11H2,1H3,(H,17,18);1H. The molecule has 1 aliphatic heterocycles. The number of amides is 1. The Bertz CT molecular complexity index is 422.